The van der Waals surface area contributed by atoms with Crippen molar-refractivity contribution in [3.63, 3.8) is 0 Å². The fourth-order valence-corrected chi connectivity index (χ4v) is 3.48. The minimum atomic E-state index is -0.674. The van der Waals surface area contributed by atoms with Crippen LogP contribution in [0.15, 0.2) is 27.7 Å². The molecule has 3 aromatic rings. The number of carbonyl (C=O) groups is 2. The number of amides is 1. The number of aryl methyl sites for hydroxylation is 3. The number of nitrogens with one attached hydrogen (secondary N) is 1. The molecule has 0 saturated carbocycles. The van der Waals surface area contributed by atoms with Crippen LogP contribution in [0.25, 0.3) is 11.1 Å². The van der Waals surface area contributed by atoms with Gasteiger partial charge in [0.25, 0.3) is 5.56 Å². The van der Waals surface area contributed by atoms with Crippen LogP contribution in [0.3, 0.4) is 0 Å². The molecular weight excluding hydrogens is 398 g/mol. The van der Waals surface area contributed by atoms with Gasteiger partial charge in [0.1, 0.15) is 29.6 Å². The van der Waals surface area contributed by atoms with Crippen LogP contribution in [-0.4, -0.2) is 28.0 Å². The highest BCUT2D eigenvalue weighted by Crippen LogP contribution is 2.27. The second kappa shape index (κ2) is 8.08. The summed E-state index contributed by atoms with van der Waals surface area (Å²) in [5.41, 5.74) is 1.72. The number of hydrogen-bond donors (Lipinski definition) is 1. The molecule has 3 rings (SSSR count). The Kier molecular flexibility index (Phi) is 5.74. The van der Waals surface area contributed by atoms with E-state index in [0.29, 0.717) is 10.7 Å². The van der Waals surface area contributed by atoms with Crippen LogP contribution in [0.1, 0.15) is 34.2 Å². The average molecular weight is 418 g/mol. The zero-order chi connectivity index (χ0) is 21.3. The summed E-state index contributed by atoms with van der Waals surface area (Å²) in [5.74, 6) is -0.903. The third kappa shape index (κ3) is 4.02. The zero-order valence-corrected chi connectivity index (χ0v) is 17.2. The minimum Gasteiger partial charge on any atom is -0.462 e. The predicted molar refractivity (Wildman–Crippen MR) is 109 cm³/mol. The van der Waals surface area contributed by atoms with Gasteiger partial charge < -0.3 is 14.5 Å². The van der Waals surface area contributed by atoms with Crippen molar-refractivity contribution in [2.45, 2.75) is 34.2 Å². The number of aromatic nitrogens is 2. The molecule has 9 heteroatoms. The van der Waals surface area contributed by atoms with Crippen LogP contribution >= 0.6 is 11.6 Å². The fraction of sp³-hybridized carbons (Fsp3) is 0.300. The van der Waals surface area contributed by atoms with E-state index >= 15 is 0 Å². The molecule has 2 aromatic heterocycles. The number of hydrogen-bond acceptors (Lipinski definition) is 6. The number of esters is 1. The smallest absolute Gasteiger partial charge is 0.342 e. The lowest BCUT2D eigenvalue weighted by Crippen LogP contribution is -2.28. The number of rotatable bonds is 5. The summed E-state index contributed by atoms with van der Waals surface area (Å²) in [6.07, 6.45) is 1.20. The van der Waals surface area contributed by atoms with Gasteiger partial charge in [-0.1, -0.05) is 17.7 Å². The third-order valence-electron chi connectivity index (χ3n) is 4.34. The van der Waals surface area contributed by atoms with Crippen molar-refractivity contribution in [3.8, 4) is 0 Å². The first kappa shape index (κ1) is 20.6. The Hall–Kier alpha value is -3.13. The van der Waals surface area contributed by atoms with Crippen molar-refractivity contribution >= 4 is 40.3 Å². The molecule has 1 N–H and O–H groups in total. The van der Waals surface area contributed by atoms with Gasteiger partial charge in [-0.3, -0.25) is 14.2 Å². The van der Waals surface area contributed by atoms with E-state index < -0.39 is 17.4 Å². The molecule has 0 aliphatic carbocycles. The molecule has 0 unspecified atom stereocenters. The van der Waals surface area contributed by atoms with Gasteiger partial charge in [0.2, 0.25) is 11.6 Å². The van der Waals surface area contributed by atoms with Gasteiger partial charge in [0.05, 0.1) is 17.3 Å². The Bertz CT molecular complexity index is 1160. The van der Waals surface area contributed by atoms with E-state index in [1.54, 1.807) is 19.9 Å². The predicted octanol–water partition coefficient (Wildman–Crippen LogP) is 3.38. The van der Waals surface area contributed by atoms with Crippen molar-refractivity contribution in [3.05, 3.63) is 56.3 Å². The minimum absolute atomic E-state index is 0.0131. The Balaban J connectivity index is 1.94. The van der Waals surface area contributed by atoms with Gasteiger partial charge in [0, 0.05) is 0 Å². The SMILES string of the molecule is CCOC(=O)c1c(C)oc2ncn(CC(=O)Nc3c(C)cc(C)cc3Cl)c(=O)c12. The van der Waals surface area contributed by atoms with E-state index in [2.05, 4.69) is 10.3 Å². The Morgan fingerprint density at radius 1 is 1.28 bits per heavy atom. The molecule has 0 radical (unpaired) electrons. The normalized spacial score (nSPS) is 10.9. The van der Waals surface area contributed by atoms with Crippen molar-refractivity contribution < 1.29 is 18.7 Å². The van der Waals surface area contributed by atoms with Crippen LogP contribution < -0.4 is 10.9 Å². The van der Waals surface area contributed by atoms with Crippen LogP contribution in [0.2, 0.25) is 5.02 Å². The highest BCUT2D eigenvalue weighted by molar-refractivity contribution is 6.34. The molecule has 0 bridgehead atoms. The van der Waals surface area contributed by atoms with Gasteiger partial charge in [-0.05, 0) is 44.9 Å². The lowest BCUT2D eigenvalue weighted by Gasteiger charge is -2.12. The highest BCUT2D eigenvalue weighted by Gasteiger charge is 2.24. The van der Waals surface area contributed by atoms with E-state index in [1.165, 1.54) is 6.33 Å². The molecule has 1 amide bonds. The number of nitrogens with zero attached hydrogens (tertiary/aromatic N) is 2. The Morgan fingerprint density at radius 2 is 2.00 bits per heavy atom. The van der Waals surface area contributed by atoms with Crippen molar-refractivity contribution in [1.29, 1.82) is 0 Å². The zero-order valence-electron chi connectivity index (χ0n) is 16.5. The molecule has 0 aliphatic rings. The van der Waals surface area contributed by atoms with E-state index in [1.807, 2.05) is 19.9 Å². The van der Waals surface area contributed by atoms with Crippen LogP contribution in [-0.2, 0) is 16.1 Å². The molecule has 0 spiro atoms. The standard InChI is InChI=1S/C20H20ClN3O5/c1-5-28-20(27)15-12(4)29-18-16(15)19(26)24(9-22-18)8-14(25)23-17-11(3)6-10(2)7-13(17)21/h6-7,9H,5,8H2,1-4H3,(H,23,25). The lowest BCUT2D eigenvalue weighted by molar-refractivity contribution is -0.116. The monoisotopic (exact) mass is 417 g/mol. The molecule has 8 nitrogen and oxygen atoms in total. The summed E-state index contributed by atoms with van der Waals surface area (Å²) >= 11 is 6.22. The average Bonchev–Trinajstić information content (AvgIpc) is 2.97. The Labute approximate surface area is 171 Å². The van der Waals surface area contributed by atoms with Gasteiger partial charge >= 0.3 is 5.97 Å². The second-order valence-corrected chi connectivity index (χ2v) is 7.01. The summed E-state index contributed by atoms with van der Waals surface area (Å²) in [7, 11) is 0. The van der Waals surface area contributed by atoms with Crippen LogP contribution in [0.4, 0.5) is 5.69 Å². The maximum Gasteiger partial charge on any atom is 0.342 e. The van der Waals surface area contributed by atoms with Crippen molar-refractivity contribution in [1.82, 2.24) is 9.55 Å². The van der Waals surface area contributed by atoms with Gasteiger partial charge in [-0.25, -0.2) is 9.78 Å². The first-order chi connectivity index (χ1) is 13.7. The number of furan rings is 1. The highest BCUT2D eigenvalue weighted by atomic mass is 35.5. The second-order valence-electron chi connectivity index (χ2n) is 6.60. The van der Waals surface area contributed by atoms with Crippen molar-refractivity contribution in [2.75, 3.05) is 11.9 Å². The number of carbonyl (C=O) groups excluding carboxylic acids is 2. The van der Waals surface area contributed by atoms with Gasteiger partial charge in [0.15, 0.2) is 0 Å². The van der Waals surface area contributed by atoms with Crippen molar-refractivity contribution in [2.24, 2.45) is 0 Å². The molecule has 152 valence electrons. The first-order valence-corrected chi connectivity index (χ1v) is 9.33. The summed E-state index contributed by atoms with van der Waals surface area (Å²) in [4.78, 5) is 41.7. The molecular formula is C20H20ClN3O5. The topological polar surface area (TPSA) is 103 Å². The number of halogens is 1. The van der Waals surface area contributed by atoms with E-state index in [9.17, 15) is 14.4 Å². The Morgan fingerprint density at radius 3 is 2.66 bits per heavy atom. The summed E-state index contributed by atoms with van der Waals surface area (Å²) < 4.78 is 11.5. The maximum atomic E-state index is 12.9. The quantitative estimate of drug-likeness (QED) is 0.638. The molecule has 0 saturated heterocycles. The molecule has 0 fully saturated rings. The third-order valence-corrected chi connectivity index (χ3v) is 4.64. The molecule has 1 aromatic carbocycles. The maximum absolute atomic E-state index is 12.9. The summed E-state index contributed by atoms with van der Waals surface area (Å²) in [5, 5.41) is 3.11. The van der Waals surface area contributed by atoms with Gasteiger partial charge in [-0.2, -0.15) is 0 Å². The van der Waals surface area contributed by atoms with E-state index in [4.69, 9.17) is 20.8 Å². The van der Waals surface area contributed by atoms with E-state index in [0.717, 1.165) is 15.7 Å². The molecule has 29 heavy (non-hydrogen) atoms. The molecule has 2 heterocycles. The lowest BCUT2D eigenvalue weighted by atomic mass is 10.1. The molecule has 0 aliphatic heterocycles. The number of benzene rings is 1. The number of fused-ring (bicyclic) bond motifs is 1. The number of anilines is 1. The summed E-state index contributed by atoms with van der Waals surface area (Å²) in [6, 6.07) is 3.63. The summed E-state index contributed by atoms with van der Waals surface area (Å²) in [6.45, 7) is 6.78. The number of ether oxygens (including phenoxy) is 1. The van der Waals surface area contributed by atoms with Gasteiger partial charge in [-0.15, -0.1) is 0 Å². The van der Waals surface area contributed by atoms with E-state index in [-0.39, 0.29) is 35.6 Å². The largest absolute Gasteiger partial charge is 0.462 e. The molecule has 0 atom stereocenters. The first-order valence-electron chi connectivity index (χ1n) is 8.95. The van der Waals surface area contributed by atoms with Crippen LogP contribution in [0.5, 0.6) is 0 Å². The fourth-order valence-electron chi connectivity index (χ4n) is 3.11. The van der Waals surface area contributed by atoms with Crippen LogP contribution in [0, 0.1) is 20.8 Å².